The van der Waals surface area contributed by atoms with Crippen LogP contribution in [0.4, 0.5) is 5.82 Å². The number of anilines is 1. The molecule has 128 valence electrons. The average Bonchev–Trinajstić information content (AvgIpc) is 3.02. The molecule has 1 saturated heterocycles. The van der Waals surface area contributed by atoms with E-state index in [2.05, 4.69) is 30.1 Å². The normalized spacial score (nSPS) is 16.2. The second kappa shape index (κ2) is 9.23. The van der Waals surface area contributed by atoms with Gasteiger partial charge >= 0.3 is 0 Å². The smallest absolute Gasteiger partial charge is 0.239 e. The number of carbonyl (C=O) groups excluding carboxylic acids is 2. The summed E-state index contributed by atoms with van der Waals surface area (Å²) in [5.41, 5.74) is 0. The first-order valence-corrected chi connectivity index (χ1v) is 7.58. The third-order valence-corrected chi connectivity index (χ3v) is 3.53. The van der Waals surface area contributed by atoms with E-state index in [-0.39, 0.29) is 11.8 Å². The summed E-state index contributed by atoms with van der Waals surface area (Å²) in [5.74, 6) is 0.297. The van der Waals surface area contributed by atoms with Crippen molar-refractivity contribution in [3.63, 3.8) is 0 Å². The van der Waals surface area contributed by atoms with Crippen LogP contribution in [0.15, 0.2) is 16.9 Å². The highest BCUT2D eigenvalue weighted by molar-refractivity contribution is 5.91. The number of methoxy groups -OCH3 is 1. The molecule has 0 spiro atoms. The first-order chi connectivity index (χ1) is 11.2. The van der Waals surface area contributed by atoms with Crippen molar-refractivity contribution in [2.75, 3.05) is 64.8 Å². The fourth-order valence-corrected chi connectivity index (χ4v) is 2.32. The maximum Gasteiger partial charge on any atom is 0.239 e. The molecule has 0 aromatic carbocycles. The number of nitrogens with zero attached hydrogens (tertiary/aromatic N) is 3. The molecule has 9 nitrogen and oxygen atoms in total. The van der Waals surface area contributed by atoms with Gasteiger partial charge in [0, 0.05) is 45.9 Å². The number of carbonyl (C=O) groups is 2. The van der Waals surface area contributed by atoms with Gasteiger partial charge in [0.05, 0.1) is 19.7 Å². The third kappa shape index (κ3) is 6.35. The Morgan fingerprint density at radius 1 is 1.22 bits per heavy atom. The minimum atomic E-state index is -0.121. The van der Waals surface area contributed by atoms with Crippen molar-refractivity contribution in [1.82, 2.24) is 20.3 Å². The molecule has 0 aliphatic carbocycles. The van der Waals surface area contributed by atoms with Gasteiger partial charge in [-0.15, -0.1) is 0 Å². The van der Waals surface area contributed by atoms with Gasteiger partial charge in [-0.25, -0.2) is 0 Å². The van der Waals surface area contributed by atoms with E-state index in [0.29, 0.717) is 32.1 Å². The number of amides is 2. The monoisotopic (exact) mass is 325 g/mol. The molecule has 2 heterocycles. The molecule has 2 N–H and O–H groups in total. The zero-order chi connectivity index (χ0) is 16.5. The molecule has 23 heavy (non-hydrogen) atoms. The Morgan fingerprint density at radius 3 is 2.43 bits per heavy atom. The maximum absolute atomic E-state index is 11.9. The zero-order valence-corrected chi connectivity index (χ0v) is 13.3. The van der Waals surface area contributed by atoms with Gasteiger partial charge < -0.3 is 19.9 Å². The predicted octanol–water partition coefficient (Wildman–Crippen LogP) is -1.01. The molecule has 0 bridgehead atoms. The van der Waals surface area contributed by atoms with E-state index >= 15 is 0 Å². The Labute approximate surface area is 134 Å². The highest BCUT2D eigenvalue weighted by Crippen LogP contribution is 2.04. The van der Waals surface area contributed by atoms with Crippen LogP contribution in [0.5, 0.6) is 0 Å². The second-order valence-electron chi connectivity index (χ2n) is 5.33. The van der Waals surface area contributed by atoms with Crippen LogP contribution >= 0.6 is 0 Å². The lowest BCUT2D eigenvalue weighted by Gasteiger charge is -2.33. The SMILES string of the molecule is COCCNC(=O)CN1CCN(CC(=O)Nc2ccon2)CC1. The summed E-state index contributed by atoms with van der Waals surface area (Å²) in [6, 6.07) is 1.60. The number of ether oxygens (including phenoxy) is 1. The van der Waals surface area contributed by atoms with Crippen molar-refractivity contribution in [1.29, 1.82) is 0 Å². The lowest BCUT2D eigenvalue weighted by Crippen LogP contribution is -2.51. The van der Waals surface area contributed by atoms with E-state index in [4.69, 9.17) is 4.74 Å². The molecule has 2 rings (SSSR count). The van der Waals surface area contributed by atoms with Crippen LogP contribution in [0, 0.1) is 0 Å². The summed E-state index contributed by atoms with van der Waals surface area (Å²) in [7, 11) is 1.60. The van der Waals surface area contributed by atoms with E-state index < -0.39 is 0 Å². The molecule has 0 saturated carbocycles. The molecular formula is C14H23N5O4. The first kappa shape index (κ1) is 17.4. The molecule has 0 atom stereocenters. The number of rotatable bonds is 8. The van der Waals surface area contributed by atoms with Gasteiger partial charge in [-0.3, -0.25) is 19.4 Å². The second-order valence-corrected chi connectivity index (χ2v) is 5.33. The van der Waals surface area contributed by atoms with Gasteiger partial charge in [0.2, 0.25) is 11.8 Å². The molecule has 9 heteroatoms. The molecule has 0 unspecified atom stereocenters. The van der Waals surface area contributed by atoms with Crippen LogP contribution in [0.1, 0.15) is 0 Å². The summed E-state index contributed by atoms with van der Waals surface area (Å²) in [6.07, 6.45) is 1.41. The fraction of sp³-hybridized carbons (Fsp3) is 0.643. The van der Waals surface area contributed by atoms with Gasteiger partial charge in [-0.1, -0.05) is 5.16 Å². The van der Waals surface area contributed by atoms with Crippen LogP contribution in [0.25, 0.3) is 0 Å². The molecule has 1 aliphatic heterocycles. The maximum atomic E-state index is 11.9. The Balaban J connectivity index is 1.61. The summed E-state index contributed by atoms with van der Waals surface area (Å²) >= 11 is 0. The number of hydrogen-bond acceptors (Lipinski definition) is 7. The highest BCUT2D eigenvalue weighted by Gasteiger charge is 2.20. The molecule has 1 aromatic rings. The summed E-state index contributed by atoms with van der Waals surface area (Å²) in [6.45, 7) is 4.74. The Morgan fingerprint density at radius 2 is 1.87 bits per heavy atom. The molecule has 2 amide bonds. The number of hydrogen-bond donors (Lipinski definition) is 2. The predicted molar refractivity (Wildman–Crippen MR) is 82.9 cm³/mol. The highest BCUT2D eigenvalue weighted by atomic mass is 16.5. The minimum Gasteiger partial charge on any atom is -0.383 e. The van der Waals surface area contributed by atoms with E-state index in [1.54, 1.807) is 13.2 Å². The van der Waals surface area contributed by atoms with Crippen LogP contribution in [0.3, 0.4) is 0 Å². The number of aromatic nitrogens is 1. The van der Waals surface area contributed by atoms with Crippen molar-refractivity contribution in [2.45, 2.75) is 0 Å². The van der Waals surface area contributed by atoms with Gasteiger partial charge in [0.1, 0.15) is 6.26 Å². The summed E-state index contributed by atoms with van der Waals surface area (Å²) in [5, 5.41) is 9.10. The summed E-state index contributed by atoms with van der Waals surface area (Å²) in [4.78, 5) is 27.7. The molecule has 0 radical (unpaired) electrons. The Hall–Kier alpha value is -1.97. The van der Waals surface area contributed by atoms with E-state index in [0.717, 1.165) is 26.2 Å². The Kier molecular flexibility index (Phi) is 6.98. The molecule has 1 aromatic heterocycles. The van der Waals surface area contributed by atoms with E-state index in [1.165, 1.54) is 6.26 Å². The molecular weight excluding hydrogens is 302 g/mol. The fourth-order valence-electron chi connectivity index (χ4n) is 2.32. The van der Waals surface area contributed by atoms with E-state index in [1.807, 2.05) is 0 Å². The lowest BCUT2D eigenvalue weighted by molar-refractivity contribution is -0.123. The van der Waals surface area contributed by atoms with Crippen molar-refractivity contribution in [2.24, 2.45) is 0 Å². The average molecular weight is 325 g/mol. The number of nitrogens with one attached hydrogen (secondary N) is 2. The molecule has 1 aliphatic rings. The summed E-state index contributed by atoms with van der Waals surface area (Å²) < 4.78 is 9.55. The van der Waals surface area contributed by atoms with Crippen LogP contribution in [-0.4, -0.2) is 86.3 Å². The van der Waals surface area contributed by atoms with E-state index in [9.17, 15) is 9.59 Å². The van der Waals surface area contributed by atoms with Gasteiger partial charge in [0.15, 0.2) is 5.82 Å². The minimum absolute atomic E-state index is 0.000671. The third-order valence-electron chi connectivity index (χ3n) is 3.53. The van der Waals surface area contributed by atoms with Crippen molar-refractivity contribution in [3.05, 3.63) is 12.3 Å². The van der Waals surface area contributed by atoms with Crippen LogP contribution in [-0.2, 0) is 14.3 Å². The standard InChI is InChI=1S/C14H23N5O4/c1-22-9-3-15-13(20)10-18-4-6-19(7-5-18)11-14(21)16-12-2-8-23-17-12/h2,8H,3-7,9-11H2,1H3,(H,15,20)(H,16,17,21). The topological polar surface area (TPSA) is 99.9 Å². The lowest BCUT2D eigenvalue weighted by atomic mass is 10.3. The Bertz CT molecular complexity index is 485. The van der Waals surface area contributed by atoms with Crippen LogP contribution in [0.2, 0.25) is 0 Å². The number of piperazine rings is 1. The first-order valence-electron chi connectivity index (χ1n) is 7.58. The quantitative estimate of drug-likeness (QED) is 0.591. The van der Waals surface area contributed by atoms with Crippen molar-refractivity contribution >= 4 is 17.6 Å². The van der Waals surface area contributed by atoms with Gasteiger partial charge in [0.25, 0.3) is 0 Å². The van der Waals surface area contributed by atoms with Crippen molar-refractivity contribution < 1.29 is 18.8 Å². The van der Waals surface area contributed by atoms with Crippen LogP contribution < -0.4 is 10.6 Å². The largest absolute Gasteiger partial charge is 0.383 e. The zero-order valence-electron chi connectivity index (χ0n) is 13.3. The van der Waals surface area contributed by atoms with Gasteiger partial charge in [-0.05, 0) is 0 Å². The molecule has 1 fully saturated rings. The van der Waals surface area contributed by atoms with Gasteiger partial charge in [-0.2, -0.15) is 0 Å². The van der Waals surface area contributed by atoms with Crippen molar-refractivity contribution in [3.8, 4) is 0 Å².